The van der Waals surface area contributed by atoms with Crippen LogP contribution in [0.3, 0.4) is 0 Å². The molecule has 1 atom stereocenters. The lowest BCUT2D eigenvalue weighted by Gasteiger charge is -2.29. The number of carbonyl (C=O) groups is 1. The minimum atomic E-state index is -4.70. The number of carbonyl (C=O) groups excluding carboxylic acids is 1. The molecule has 2 N–H and O–H groups in total. The Kier molecular flexibility index (Phi) is 3.93. The molecule has 1 fully saturated rings. The first-order valence-corrected chi connectivity index (χ1v) is 6.18. The first-order chi connectivity index (χ1) is 9.26. The zero-order valence-electron chi connectivity index (χ0n) is 10.2. The molecule has 0 bridgehead atoms. The van der Waals surface area contributed by atoms with Gasteiger partial charge in [-0.1, -0.05) is 11.6 Å². The Hall–Kier alpha value is -1.34. The summed E-state index contributed by atoms with van der Waals surface area (Å²) >= 11 is 5.54. The second-order valence-electron chi connectivity index (χ2n) is 4.58. The minimum Gasteiger partial charge on any atom is -0.323 e. The monoisotopic (exact) mass is 310 g/mol. The molecule has 1 aromatic carbocycles. The van der Waals surface area contributed by atoms with Crippen LogP contribution in [0.5, 0.6) is 0 Å². The van der Waals surface area contributed by atoms with Crippen LogP contribution in [-0.2, 0) is 4.79 Å². The summed E-state index contributed by atoms with van der Waals surface area (Å²) in [5.74, 6) is -2.15. The van der Waals surface area contributed by atoms with E-state index in [9.17, 15) is 22.4 Å². The fourth-order valence-corrected chi connectivity index (χ4v) is 2.25. The maximum atomic E-state index is 13.5. The van der Waals surface area contributed by atoms with Gasteiger partial charge in [-0.2, -0.15) is 13.2 Å². The van der Waals surface area contributed by atoms with E-state index in [0.29, 0.717) is 0 Å². The number of amides is 1. The van der Waals surface area contributed by atoms with E-state index in [1.54, 1.807) is 0 Å². The molecule has 0 radical (unpaired) electrons. The van der Waals surface area contributed by atoms with E-state index in [1.807, 2.05) is 5.32 Å². The molecule has 8 heteroatoms. The summed E-state index contributed by atoms with van der Waals surface area (Å²) in [5, 5.41) is 4.60. The van der Waals surface area contributed by atoms with E-state index in [0.717, 1.165) is 12.1 Å². The summed E-state index contributed by atoms with van der Waals surface area (Å²) in [6.07, 6.45) is -5.08. The standard InChI is InChI=1S/C12H11ClF4N2O/c13-7-1-2-9(8(14)5-7)19-10(20)11(12(15,16)17)3-4-18-6-11/h1-2,5,18H,3-4,6H2,(H,19,20). The number of anilines is 1. The molecule has 0 aromatic heterocycles. The molecule has 1 saturated heterocycles. The molecule has 0 spiro atoms. The minimum absolute atomic E-state index is 0.0794. The van der Waals surface area contributed by atoms with E-state index in [-0.39, 0.29) is 23.7 Å². The fourth-order valence-electron chi connectivity index (χ4n) is 2.09. The second kappa shape index (κ2) is 5.21. The molecule has 2 rings (SSSR count). The summed E-state index contributed by atoms with van der Waals surface area (Å²) in [5.41, 5.74) is -2.85. The molecule has 1 aliphatic rings. The van der Waals surface area contributed by atoms with E-state index in [1.165, 1.54) is 6.07 Å². The van der Waals surface area contributed by atoms with Gasteiger partial charge >= 0.3 is 6.18 Å². The third kappa shape index (κ3) is 2.60. The van der Waals surface area contributed by atoms with Crippen molar-refractivity contribution in [2.24, 2.45) is 5.41 Å². The van der Waals surface area contributed by atoms with Gasteiger partial charge < -0.3 is 10.6 Å². The van der Waals surface area contributed by atoms with Crippen molar-refractivity contribution in [2.75, 3.05) is 18.4 Å². The number of nitrogens with one attached hydrogen (secondary N) is 2. The molecule has 1 aromatic rings. The Morgan fingerprint density at radius 3 is 2.60 bits per heavy atom. The van der Waals surface area contributed by atoms with E-state index in [2.05, 4.69) is 5.32 Å². The quantitative estimate of drug-likeness (QED) is 0.825. The van der Waals surface area contributed by atoms with E-state index >= 15 is 0 Å². The van der Waals surface area contributed by atoms with Crippen molar-refractivity contribution in [3.8, 4) is 0 Å². The number of alkyl halides is 3. The Morgan fingerprint density at radius 2 is 2.10 bits per heavy atom. The molecule has 20 heavy (non-hydrogen) atoms. The van der Waals surface area contributed by atoms with Gasteiger partial charge in [0.15, 0.2) is 5.41 Å². The third-order valence-electron chi connectivity index (χ3n) is 3.31. The Bertz CT molecular complexity index is 527. The van der Waals surface area contributed by atoms with Crippen molar-refractivity contribution in [3.63, 3.8) is 0 Å². The van der Waals surface area contributed by atoms with Crippen LogP contribution in [0.15, 0.2) is 18.2 Å². The maximum Gasteiger partial charge on any atom is 0.404 e. The van der Waals surface area contributed by atoms with Crippen LogP contribution < -0.4 is 10.6 Å². The van der Waals surface area contributed by atoms with Gasteiger partial charge in [0.25, 0.3) is 0 Å². The fraction of sp³-hybridized carbons (Fsp3) is 0.417. The van der Waals surface area contributed by atoms with Crippen LogP contribution in [0.2, 0.25) is 5.02 Å². The normalized spacial score (nSPS) is 22.9. The van der Waals surface area contributed by atoms with Crippen LogP contribution >= 0.6 is 11.6 Å². The van der Waals surface area contributed by atoms with Crippen LogP contribution in [-0.4, -0.2) is 25.2 Å². The van der Waals surface area contributed by atoms with Gasteiger partial charge in [0.05, 0.1) is 5.69 Å². The number of halogens is 5. The number of benzene rings is 1. The van der Waals surface area contributed by atoms with Gasteiger partial charge in [-0.15, -0.1) is 0 Å². The lowest BCUT2D eigenvalue weighted by Crippen LogP contribution is -2.49. The van der Waals surface area contributed by atoms with Crippen LogP contribution in [0.1, 0.15) is 6.42 Å². The van der Waals surface area contributed by atoms with Gasteiger partial charge in [0.2, 0.25) is 5.91 Å². The summed E-state index contributed by atoms with van der Waals surface area (Å²) in [6, 6.07) is 3.33. The van der Waals surface area contributed by atoms with Crippen molar-refractivity contribution < 1.29 is 22.4 Å². The number of hydrogen-bond acceptors (Lipinski definition) is 2. The van der Waals surface area contributed by atoms with Crippen LogP contribution in [0.4, 0.5) is 23.2 Å². The lowest BCUT2D eigenvalue weighted by molar-refractivity contribution is -0.213. The van der Waals surface area contributed by atoms with Crippen LogP contribution in [0, 0.1) is 11.2 Å². The smallest absolute Gasteiger partial charge is 0.323 e. The summed E-state index contributed by atoms with van der Waals surface area (Å²) < 4.78 is 52.9. The highest BCUT2D eigenvalue weighted by molar-refractivity contribution is 6.30. The SMILES string of the molecule is O=C(Nc1ccc(Cl)cc1F)C1(C(F)(F)F)CCNC1. The lowest BCUT2D eigenvalue weighted by atomic mass is 9.85. The summed E-state index contributed by atoms with van der Waals surface area (Å²) in [4.78, 5) is 11.9. The molecule has 0 aliphatic carbocycles. The molecule has 0 saturated carbocycles. The Labute approximate surface area is 117 Å². The third-order valence-corrected chi connectivity index (χ3v) is 3.55. The predicted molar refractivity (Wildman–Crippen MR) is 66.0 cm³/mol. The zero-order valence-corrected chi connectivity index (χ0v) is 10.9. The highest BCUT2D eigenvalue weighted by Crippen LogP contribution is 2.43. The molecule has 110 valence electrons. The van der Waals surface area contributed by atoms with Crippen molar-refractivity contribution >= 4 is 23.2 Å². The van der Waals surface area contributed by atoms with Crippen LogP contribution in [0.25, 0.3) is 0 Å². The zero-order chi connectivity index (χ0) is 15.0. The van der Waals surface area contributed by atoms with Gasteiger partial charge in [0.1, 0.15) is 5.82 Å². The van der Waals surface area contributed by atoms with Crippen molar-refractivity contribution in [3.05, 3.63) is 29.0 Å². The molecule has 1 unspecified atom stereocenters. The van der Waals surface area contributed by atoms with Gasteiger partial charge in [0, 0.05) is 11.6 Å². The average molecular weight is 311 g/mol. The summed E-state index contributed by atoms with van der Waals surface area (Å²) in [6.45, 7) is -0.437. The number of hydrogen-bond donors (Lipinski definition) is 2. The maximum absolute atomic E-state index is 13.5. The van der Waals surface area contributed by atoms with Gasteiger partial charge in [-0.05, 0) is 31.2 Å². The predicted octanol–water partition coefficient (Wildman–Crippen LogP) is 2.96. The highest BCUT2D eigenvalue weighted by atomic mass is 35.5. The van der Waals surface area contributed by atoms with Crippen molar-refractivity contribution in [1.82, 2.24) is 5.32 Å². The molecular formula is C12H11ClF4N2O. The van der Waals surface area contributed by atoms with Crippen molar-refractivity contribution in [1.29, 1.82) is 0 Å². The van der Waals surface area contributed by atoms with Crippen molar-refractivity contribution in [2.45, 2.75) is 12.6 Å². The van der Waals surface area contributed by atoms with Gasteiger partial charge in [-0.25, -0.2) is 4.39 Å². The number of rotatable bonds is 2. The Morgan fingerprint density at radius 1 is 1.40 bits per heavy atom. The first kappa shape index (κ1) is 15.1. The molecule has 1 amide bonds. The topological polar surface area (TPSA) is 41.1 Å². The first-order valence-electron chi connectivity index (χ1n) is 5.80. The van der Waals surface area contributed by atoms with Gasteiger partial charge in [-0.3, -0.25) is 4.79 Å². The second-order valence-corrected chi connectivity index (χ2v) is 5.02. The molecular weight excluding hydrogens is 300 g/mol. The Balaban J connectivity index is 2.26. The summed E-state index contributed by atoms with van der Waals surface area (Å²) in [7, 11) is 0. The molecule has 1 aliphatic heterocycles. The average Bonchev–Trinajstić information content (AvgIpc) is 2.82. The molecule has 1 heterocycles. The molecule has 3 nitrogen and oxygen atoms in total. The largest absolute Gasteiger partial charge is 0.404 e. The van der Waals surface area contributed by atoms with E-state index in [4.69, 9.17) is 11.6 Å². The highest BCUT2D eigenvalue weighted by Gasteiger charge is 2.61. The van der Waals surface area contributed by atoms with E-state index < -0.39 is 29.9 Å².